The van der Waals surface area contributed by atoms with Crippen LogP contribution in [0, 0.1) is 0 Å². The van der Waals surface area contributed by atoms with Gasteiger partial charge in [-0.05, 0) is 60.9 Å². The number of methoxy groups -OCH3 is 1. The second-order valence-corrected chi connectivity index (χ2v) is 10.4. The topological polar surface area (TPSA) is 75.7 Å². The fourth-order valence-electron chi connectivity index (χ4n) is 3.36. The summed E-state index contributed by atoms with van der Waals surface area (Å²) in [5.74, 6) is 0.196. The second kappa shape index (κ2) is 11.4. The largest absolute Gasteiger partial charge is 0.497 e. The van der Waals surface area contributed by atoms with Gasteiger partial charge >= 0.3 is 0 Å². The van der Waals surface area contributed by atoms with Crippen LogP contribution in [0.5, 0.6) is 5.75 Å². The molecule has 0 fully saturated rings. The molecule has 8 heteroatoms. The van der Waals surface area contributed by atoms with E-state index in [4.69, 9.17) is 4.74 Å². The number of carbonyl (C=O) groups is 1. The minimum Gasteiger partial charge on any atom is -0.497 e. The third-order valence-corrected chi connectivity index (χ3v) is 7.65. The molecule has 3 rings (SSSR count). The maximum atomic E-state index is 13.4. The third kappa shape index (κ3) is 6.90. The van der Waals surface area contributed by atoms with E-state index in [-0.39, 0.29) is 29.9 Å². The third-order valence-electron chi connectivity index (χ3n) is 5.26. The Bertz CT molecular complexity index is 1150. The van der Waals surface area contributed by atoms with Gasteiger partial charge in [-0.15, -0.1) is 0 Å². The van der Waals surface area contributed by atoms with Crippen LogP contribution >= 0.6 is 15.9 Å². The molecule has 1 atom stereocenters. The molecule has 0 unspecified atom stereocenters. The van der Waals surface area contributed by atoms with E-state index in [1.807, 2.05) is 61.5 Å². The van der Waals surface area contributed by atoms with Crippen molar-refractivity contribution in [1.29, 1.82) is 0 Å². The van der Waals surface area contributed by atoms with E-state index < -0.39 is 10.0 Å². The van der Waals surface area contributed by atoms with E-state index in [1.165, 1.54) is 23.5 Å². The van der Waals surface area contributed by atoms with Gasteiger partial charge in [0.1, 0.15) is 5.75 Å². The number of benzene rings is 3. The Labute approximate surface area is 203 Å². The number of sulfonamides is 1. The first-order valence-electron chi connectivity index (χ1n) is 10.5. The Hall–Kier alpha value is -2.68. The predicted octanol–water partition coefficient (Wildman–Crippen LogP) is 4.57. The minimum absolute atomic E-state index is 0.116. The summed E-state index contributed by atoms with van der Waals surface area (Å²) in [5, 5.41) is 2.91. The molecular formula is C25H27BrN2O4S. The summed E-state index contributed by atoms with van der Waals surface area (Å²) in [7, 11) is -2.37. The molecule has 0 radical (unpaired) electrons. The van der Waals surface area contributed by atoms with E-state index >= 15 is 0 Å². The number of hydrogen-bond donors (Lipinski definition) is 1. The number of nitrogens with one attached hydrogen (secondary N) is 1. The van der Waals surface area contributed by atoms with Crippen LogP contribution in [0.1, 0.15) is 24.1 Å². The van der Waals surface area contributed by atoms with Crippen LogP contribution in [-0.2, 0) is 21.2 Å². The molecule has 0 saturated carbocycles. The van der Waals surface area contributed by atoms with E-state index in [9.17, 15) is 13.2 Å². The van der Waals surface area contributed by atoms with Crippen molar-refractivity contribution in [1.82, 2.24) is 9.62 Å². The van der Waals surface area contributed by atoms with Crippen molar-refractivity contribution in [2.45, 2.75) is 24.3 Å². The number of carbonyl (C=O) groups excluding carboxylic acids is 1. The van der Waals surface area contributed by atoms with Crippen molar-refractivity contribution in [3.8, 4) is 5.75 Å². The Balaban J connectivity index is 1.77. The molecule has 0 aliphatic heterocycles. The molecular weight excluding hydrogens is 504 g/mol. The molecule has 0 aliphatic rings. The predicted molar refractivity (Wildman–Crippen MR) is 133 cm³/mol. The summed E-state index contributed by atoms with van der Waals surface area (Å²) < 4.78 is 34.1. The first-order valence-corrected chi connectivity index (χ1v) is 12.8. The number of hydrogen-bond acceptors (Lipinski definition) is 4. The average Bonchev–Trinajstić information content (AvgIpc) is 2.82. The van der Waals surface area contributed by atoms with Gasteiger partial charge in [0.15, 0.2) is 0 Å². The SMILES string of the molecule is COc1ccc(S(=O)(=O)N(CCc2ccccc2)CC(=O)N[C@H](C)c2ccc(Br)cc2)cc1. The molecule has 0 aromatic heterocycles. The Morgan fingerprint density at radius 1 is 1.00 bits per heavy atom. The molecule has 1 N–H and O–H groups in total. The molecule has 0 aliphatic carbocycles. The molecule has 3 aromatic carbocycles. The number of nitrogens with zero attached hydrogens (tertiary/aromatic N) is 1. The molecule has 0 bridgehead atoms. The van der Waals surface area contributed by atoms with Gasteiger partial charge in [0.05, 0.1) is 24.6 Å². The van der Waals surface area contributed by atoms with E-state index in [1.54, 1.807) is 12.1 Å². The van der Waals surface area contributed by atoms with Crippen molar-refractivity contribution < 1.29 is 17.9 Å². The van der Waals surface area contributed by atoms with Gasteiger partial charge in [0, 0.05) is 11.0 Å². The van der Waals surface area contributed by atoms with Crippen molar-refractivity contribution in [2.75, 3.05) is 20.2 Å². The molecule has 1 amide bonds. The van der Waals surface area contributed by atoms with Crippen LogP contribution in [0.2, 0.25) is 0 Å². The van der Waals surface area contributed by atoms with Crippen LogP contribution in [0.3, 0.4) is 0 Å². The highest BCUT2D eigenvalue weighted by Crippen LogP contribution is 2.21. The lowest BCUT2D eigenvalue weighted by Gasteiger charge is -2.23. The highest BCUT2D eigenvalue weighted by atomic mass is 79.9. The zero-order chi connectivity index (χ0) is 23.8. The van der Waals surface area contributed by atoms with Gasteiger partial charge in [-0.2, -0.15) is 4.31 Å². The molecule has 6 nitrogen and oxygen atoms in total. The smallest absolute Gasteiger partial charge is 0.243 e. The Kier molecular flexibility index (Phi) is 8.66. The number of ether oxygens (including phenoxy) is 1. The summed E-state index contributed by atoms with van der Waals surface area (Å²) in [5.41, 5.74) is 1.93. The lowest BCUT2D eigenvalue weighted by atomic mass is 10.1. The second-order valence-electron chi connectivity index (χ2n) is 7.59. The summed E-state index contributed by atoms with van der Waals surface area (Å²) >= 11 is 3.40. The maximum Gasteiger partial charge on any atom is 0.243 e. The monoisotopic (exact) mass is 530 g/mol. The number of rotatable bonds is 10. The normalized spacial score (nSPS) is 12.4. The van der Waals surface area contributed by atoms with Crippen LogP contribution < -0.4 is 10.1 Å². The quantitative estimate of drug-likeness (QED) is 0.416. The van der Waals surface area contributed by atoms with Crippen molar-refractivity contribution in [2.24, 2.45) is 0 Å². The summed E-state index contributed by atoms with van der Waals surface area (Å²) in [6, 6.07) is 23.1. The van der Waals surface area contributed by atoms with E-state index in [2.05, 4.69) is 21.2 Å². The van der Waals surface area contributed by atoms with E-state index in [0.717, 1.165) is 15.6 Å². The van der Waals surface area contributed by atoms with Crippen molar-refractivity contribution in [3.05, 3.63) is 94.5 Å². The fraction of sp³-hybridized carbons (Fsp3) is 0.240. The average molecular weight is 531 g/mol. The van der Waals surface area contributed by atoms with E-state index in [0.29, 0.717) is 12.2 Å². The maximum absolute atomic E-state index is 13.4. The molecule has 0 saturated heterocycles. The van der Waals surface area contributed by atoms with Crippen LogP contribution in [0.15, 0.2) is 88.2 Å². The molecule has 33 heavy (non-hydrogen) atoms. The van der Waals surface area contributed by atoms with Gasteiger partial charge in [0.25, 0.3) is 0 Å². The van der Waals surface area contributed by atoms with Gasteiger partial charge < -0.3 is 10.1 Å². The van der Waals surface area contributed by atoms with Gasteiger partial charge in [-0.25, -0.2) is 8.42 Å². The number of halogens is 1. The van der Waals surface area contributed by atoms with Crippen LogP contribution in [0.25, 0.3) is 0 Å². The highest BCUT2D eigenvalue weighted by molar-refractivity contribution is 9.10. The number of amides is 1. The van der Waals surface area contributed by atoms with Gasteiger partial charge in [-0.1, -0.05) is 58.4 Å². The lowest BCUT2D eigenvalue weighted by Crippen LogP contribution is -2.42. The van der Waals surface area contributed by atoms with Crippen molar-refractivity contribution in [3.63, 3.8) is 0 Å². The summed E-state index contributed by atoms with van der Waals surface area (Å²) in [6.07, 6.45) is 0.492. The van der Waals surface area contributed by atoms with Crippen LogP contribution in [-0.4, -0.2) is 38.8 Å². The summed E-state index contributed by atoms with van der Waals surface area (Å²) in [6.45, 7) is 1.77. The fourth-order valence-corrected chi connectivity index (χ4v) is 5.02. The Morgan fingerprint density at radius 2 is 1.64 bits per heavy atom. The standard InChI is InChI=1S/C25H27BrN2O4S/c1-19(21-8-10-22(26)11-9-21)27-25(29)18-28(17-16-20-6-4-3-5-7-20)33(30,31)24-14-12-23(32-2)13-15-24/h3-15,19H,16-18H2,1-2H3,(H,27,29)/t19-/m1/s1. The van der Waals surface area contributed by atoms with Gasteiger partial charge in [-0.3, -0.25) is 4.79 Å². The molecule has 0 heterocycles. The first-order chi connectivity index (χ1) is 15.8. The van der Waals surface area contributed by atoms with Crippen molar-refractivity contribution >= 4 is 31.9 Å². The first kappa shape index (κ1) is 25.0. The lowest BCUT2D eigenvalue weighted by molar-refractivity contribution is -0.121. The Morgan fingerprint density at radius 3 is 2.24 bits per heavy atom. The van der Waals surface area contributed by atoms with Gasteiger partial charge in [0.2, 0.25) is 15.9 Å². The molecule has 3 aromatic rings. The molecule has 174 valence electrons. The minimum atomic E-state index is -3.89. The zero-order valence-electron chi connectivity index (χ0n) is 18.6. The van der Waals surface area contributed by atoms with Crippen LogP contribution in [0.4, 0.5) is 0 Å². The summed E-state index contributed by atoms with van der Waals surface area (Å²) in [4.78, 5) is 13.0. The highest BCUT2D eigenvalue weighted by Gasteiger charge is 2.27. The molecule has 0 spiro atoms. The zero-order valence-corrected chi connectivity index (χ0v) is 21.0.